The lowest BCUT2D eigenvalue weighted by molar-refractivity contribution is -0.385. The highest BCUT2D eigenvalue weighted by molar-refractivity contribution is 7.89. The van der Waals surface area contributed by atoms with E-state index in [-0.39, 0.29) is 29.0 Å². The first-order valence-electron chi connectivity index (χ1n) is 5.88. The van der Waals surface area contributed by atoms with Crippen molar-refractivity contribution in [3.8, 4) is 0 Å². The van der Waals surface area contributed by atoms with Gasteiger partial charge in [-0.3, -0.25) is 10.1 Å². The van der Waals surface area contributed by atoms with Crippen LogP contribution in [-0.4, -0.2) is 32.5 Å². The summed E-state index contributed by atoms with van der Waals surface area (Å²) in [4.78, 5) is 10.2. The van der Waals surface area contributed by atoms with Crippen LogP contribution < -0.4 is 10.0 Å². The third-order valence-corrected chi connectivity index (χ3v) is 4.58. The molecule has 0 radical (unpaired) electrons. The van der Waals surface area contributed by atoms with Gasteiger partial charge in [-0.05, 0) is 32.0 Å². The van der Waals surface area contributed by atoms with Crippen LogP contribution in [0.1, 0.15) is 12.0 Å². The van der Waals surface area contributed by atoms with Crippen LogP contribution in [0.4, 0.5) is 5.69 Å². The molecule has 112 valence electrons. The number of hydrogen-bond acceptors (Lipinski definition) is 5. The SMILES string of the molecule is Cc1cc(S(=O)(=O)NC2CCNC2)ccc1[N+](=O)[O-].Cl. The first kappa shape index (κ1) is 16.8. The number of rotatable bonds is 4. The number of benzene rings is 1. The summed E-state index contributed by atoms with van der Waals surface area (Å²) in [6, 6.07) is 3.68. The monoisotopic (exact) mass is 321 g/mol. The molecule has 1 fully saturated rings. The molecule has 1 aliphatic heterocycles. The van der Waals surface area contributed by atoms with E-state index < -0.39 is 14.9 Å². The first-order valence-corrected chi connectivity index (χ1v) is 7.36. The van der Waals surface area contributed by atoms with Gasteiger partial charge in [0.25, 0.3) is 5.69 Å². The molecule has 1 aromatic carbocycles. The van der Waals surface area contributed by atoms with Gasteiger partial charge in [-0.1, -0.05) is 0 Å². The van der Waals surface area contributed by atoms with Crippen molar-refractivity contribution in [3.05, 3.63) is 33.9 Å². The molecule has 1 aromatic rings. The Bertz CT molecular complexity index is 600. The molecule has 1 unspecified atom stereocenters. The maximum atomic E-state index is 12.1. The lowest BCUT2D eigenvalue weighted by Gasteiger charge is -2.12. The lowest BCUT2D eigenvalue weighted by Crippen LogP contribution is -2.36. The Labute approximate surface area is 123 Å². The highest BCUT2D eigenvalue weighted by Gasteiger charge is 2.24. The first-order chi connectivity index (χ1) is 8.90. The smallest absolute Gasteiger partial charge is 0.272 e. The molecular weight excluding hydrogens is 306 g/mol. The van der Waals surface area contributed by atoms with Gasteiger partial charge in [0.05, 0.1) is 9.82 Å². The Morgan fingerprint density at radius 3 is 2.65 bits per heavy atom. The van der Waals surface area contributed by atoms with Crippen molar-refractivity contribution in [3.63, 3.8) is 0 Å². The molecule has 1 heterocycles. The number of aryl methyl sites for hydroxylation is 1. The Hall–Kier alpha value is -1.22. The number of nitrogens with zero attached hydrogens (tertiary/aromatic N) is 1. The zero-order valence-electron chi connectivity index (χ0n) is 10.8. The zero-order valence-corrected chi connectivity index (χ0v) is 12.5. The van der Waals surface area contributed by atoms with Gasteiger partial charge in [-0.15, -0.1) is 12.4 Å². The molecule has 0 spiro atoms. The predicted molar refractivity (Wildman–Crippen MR) is 76.7 cm³/mol. The van der Waals surface area contributed by atoms with Crippen molar-refractivity contribution in [1.82, 2.24) is 10.0 Å². The fraction of sp³-hybridized carbons (Fsp3) is 0.455. The molecule has 9 heteroatoms. The van der Waals surface area contributed by atoms with Gasteiger partial charge in [0.15, 0.2) is 0 Å². The second-order valence-corrected chi connectivity index (χ2v) is 6.23. The highest BCUT2D eigenvalue weighted by Crippen LogP contribution is 2.21. The molecule has 2 N–H and O–H groups in total. The number of nitrogens with one attached hydrogen (secondary N) is 2. The quantitative estimate of drug-likeness (QED) is 0.635. The Kier molecular flexibility index (Phi) is 5.46. The predicted octanol–water partition coefficient (Wildman–Crippen LogP) is 0.965. The molecule has 1 saturated heterocycles. The average Bonchev–Trinajstić information content (AvgIpc) is 2.80. The van der Waals surface area contributed by atoms with Crippen LogP contribution in [0, 0.1) is 17.0 Å². The van der Waals surface area contributed by atoms with E-state index in [4.69, 9.17) is 0 Å². The van der Waals surface area contributed by atoms with Crippen molar-refractivity contribution in [2.75, 3.05) is 13.1 Å². The van der Waals surface area contributed by atoms with Gasteiger partial charge in [-0.2, -0.15) is 0 Å². The summed E-state index contributed by atoms with van der Waals surface area (Å²) in [5.41, 5.74) is 0.249. The van der Waals surface area contributed by atoms with E-state index in [1.165, 1.54) is 25.1 Å². The van der Waals surface area contributed by atoms with Crippen molar-refractivity contribution in [2.45, 2.75) is 24.3 Å². The van der Waals surface area contributed by atoms with E-state index in [1.54, 1.807) is 0 Å². The summed E-state index contributed by atoms with van der Waals surface area (Å²) in [5.74, 6) is 0. The van der Waals surface area contributed by atoms with Gasteiger partial charge >= 0.3 is 0 Å². The topological polar surface area (TPSA) is 101 Å². The highest BCUT2D eigenvalue weighted by atomic mass is 35.5. The van der Waals surface area contributed by atoms with Crippen LogP contribution in [0.25, 0.3) is 0 Å². The van der Waals surface area contributed by atoms with Crippen LogP contribution in [0.15, 0.2) is 23.1 Å². The van der Waals surface area contributed by atoms with E-state index in [0.29, 0.717) is 12.1 Å². The van der Waals surface area contributed by atoms with Crippen LogP contribution >= 0.6 is 12.4 Å². The summed E-state index contributed by atoms with van der Waals surface area (Å²) in [6.45, 7) is 2.91. The fourth-order valence-corrected chi connectivity index (χ4v) is 3.40. The number of sulfonamides is 1. The maximum absolute atomic E-state index is 12.1. The Morgan fingerprint density at radius 2 is 2.15 bits per heavy atom. The van der Waals surface area contributed by atoms with E-state index >= 15 is 0 Å². The van der Waals surface area contributed by atoms with Crippen LogP contribution in [0.5, 0.6) is 0 Å². The maximum Gasteiger partial charge on any atom is 0.272 e. The summed E-state index contributed by atoms with van der Waals surface area (Å²) >= 11 is 0. The van der Waals surface area contributed by atoms with E-state index in [1.807, 2.05) is 0 Å². The summed E-state index contributed by atoms with van der Waals surface area (Å²) in [7, 11) is -3.62. The van der Waals surface area contributed by atoms with Gasteiger partial charge in [0.1, 0.15) is 0 Å². The third-order valence-electron chi connectivity index (χ3n) is 3.06. The molecule has 0 bridgehead atoms. The van der Waals surface area contributed by atoms with Crippen LogP contribution in [0.2, 0.25) is 0 Å². The number of nitro benzene ring substituents is 1. The van der Waals surface area contributed by atoms with Gasteiger partial charge in [-0.25, -0.2) is 13.1 Å². The standard InChI is InChI=1S/C11H15N3O4S.ClH/c1-8-6-10(2-3-11(8)14(15)16)19(17,18)13-9-4-5-12-7-9;/h2-3,6,9,12-13H,4-5,7H2,1H3;1H. The van der Waals surface area contributed by atoms with Crippen LogP contribution in [-0.2, 0) is 10.0 Å². The van der Waals surface area contributed by atoms with E-state index in [9.17, 15) is 18.5 Å². The van der Waals surface area contributed by atoms with Gasteiger partial charge in [0, 0.05) is 24.2 Å². The summed E-state index contributed by atoms with van der Waals surface area (Å²) in [5, 5.41) is 13.8. The molecule has 0 aromatic heterocycles. The molecule has 7 nitrogen and oxygen atoms in total. The molecule has 2 rings (SSSR count). The normalized spacial score (nSPS) is 18.6. The molecule has 0 saturated carbocycles. The molecule has 0 aliphatic carbocycles. The van der Waals surface area contributed by atoms with Crippen molar-refractivity contribution >= 4 is 28.1 Å². The second-order valence-electron chi connectivity index (χ2n) is 4.52. The average molecular weight is 322 g/mol. The minimum absolute atomic E-state index is 0. The summed E-state index contributed by atoms with van der Waals surface area (Å²) in [6.07, 6.45) is 0.741. The zero-order chi connectivity index (χ0) is 14.0. The minimum atomic E-state index is -3.62. The molecule has 0 amide bonds. The van der Waals surface area contributed by atoms with Crippen molar-refractivity contribution in [1.29, 1.82) is 0 Å². The fourth-order valence-electron chi connectivity index (χ4n) is 2.04. The molecule has 1 aliphatic rings. The number of nitro groups is 1. The number of hydrogen-bond donors (Lipinski definition) is 2. The van der Waals surface area contributed by atoms with Crippen LogP contribution in [0.3, 0.4) is 0 Å². The minimum Gasteiger partial charge on any atom is -0.315 e. The van der Waals surface area contributed by atoms with Crippen molar-refractivity contribution in [2.24, 2.45) is 0 Å². The Balaban J connectivity index is 0.00000200. The van der Waals surface area contributed by atoms with Gasteiger partial charge in [0.2, 0.25) is 10.0 Å². The van der Waals surface area contributed by atoms with Crippen molar-refractivity contribution < 1.29 is 13.3 Å². The van der Waals surface area contributed by atoms with E-state index in [0.717, 1.165) is 13.0 Å². The molecule has 20 heavy (non-hydrogen) atoms. The number of halogens is 1. The molecular formula is C11H16ClN3O4S. The summed E-state index contributed by atoms with van der Waals surface area (Å²) < 4.78 is 26.8. The lowest BCUT2D eigenvalue weighted by atomic mass is 10.2. The second kappa shape index (κ2) is 6.49. The van der Waals surface area contributed by atoms with E-state index in [2.05, 4.69) is 10.0 Å². The van der Waals surface area contributed by atoms with Gasteiger partial charge < -0.3 is 5.32 Å². The third kappa shape index (κ3) is 3.66. The largest absolute Gasteiger partial charge is 0.315 e. The Morgan fingerprint density at radius 1 is 1.45 bits per heavy atom. The molecule has 1 atom stereocenters.